The summed E-state index contributed by atoms with van der Waals surface area (Å²) in [4.78, 5) is 2.75. The Morgan fingerprint density at radius 2 is 2.05 bits per heavy atom. The van der Waals surface area contributed by atoms with Gasteiger partial charge >= 0.3 is 0 Å². The van der Waals surface area contributed by atoms with Crippen molar-refractivity contribution in [1.29, 1.82) is 0 Å². The van der Waals surface area contributed by atoms with Gasteiger partial charge in [-0.3, -0.25) is 4.90 Å². The van der Waals surface area contributed by atoms with E-state index in [1.54, 1.807) is 0 Å². The van der Waals surface area contributed by atoms with E-state index < -0.39 is 0 Å². The zero-order valence-electron chi connectivity index (χ0n) is 12.4. The molecule has 1 N–H and O–H groups in total. The molecule has 1 aromatic rings. The Morgan fingerprint density at radius 3 is 2.74 bits per heavy atom. The number of rotatable bonds is 6. The predicted octanol–water partition coefficient (Wildman–Crippen LogP) is 3.60. The van der Waals surface area contributed by atoms with E-state index in [1.165, 1.54) is 44.2 Å². The maximum Gasteiger partial charge on any atom is 0.0351 e. The van der Waals surface area contributed by atoms with Crippen LogP contribution in [-0.2, 0) is 0 Å². The summed E-state index contributed by atoms with van der Waals surface area (Å²) in [5, 5.41) is 3.37. The molecule has 0 saturated carbocycles. The molecule has 0 spiro atoms. The van der Waals surface area contributed by atoms with Crippen molar-refractivity contribution in [3.63, 3.8) is 0 Å². The zero-order valence-corrected chi connectivity index (χ0v) is 12.4. The van der Waals surface area contributed by atoms with Crippen LogP contribution in [0.2, 0.25) is 0 Å². The third-order valence-corrected chi connectivity index (χ3v) is 4.26. The van der Waals surface area contributed by atoms with Gasteiger partial charge < -0.3 is 5.32 Å². The highest BCUT2D eigenvalue weighted by Crippen LogP contribution is 2.31. The van der Waals surface area contributed by atoms with Gasteiger partial charge in [0.2, 0.25) is 0 Å². The van der Waals surface area contributed by atoms with E-state index in [2.05, 4.69) is 54.5 Å². The lowest BCUT2D eigenvalue weighted by atomic mass is 9.94. The molecule has 2 atom stereocenters. The van der Waals surface area contributed by atoms with E-state index in [0.717, 1.165) is 6.54 Å². The van der Waals surface area contributed by atoms with E-state index in [-0.39, 0.29) is 0 Å². The van der Waals surface area contributed by atoms with Gasteiger partial charge in [-0.2, -0.15) is 0 Å². The minimum Gasteiger partial charge on any atom is -0.318 e. The second-order valence-electron chi connectivity index (χ2n) is 5.66. The summed E-state index contributed by atoms with van der Waals surface area (Å²) in [6.45, 7) is 4.67. The molecule has 1 heterocycles. The fourth-order valence-electron chi connectivity index (χ4n) is 3.36. The second kappa shape index (κ2) is 7.66. The Labute approximate surface area is 118 Å². The molecule has 19 heavy (non-hydrogen) atoms. The van der Waals surface area contributed by atoms with Crippen LogP contribution in [0.1, 0.15) is 50.6 Å². The van der Waals surface area contributed by atoms with E-state index in [9.17, 15) is 0 Å². The highest BCUT2D eigenvalue weighted by Gasteiger charge is 2.28. The number of likely N-dealkylation sites (tertiary alicyclic amines) is 1. The molecule has 2 unspecified atom stereocenters. The van der Waals surface area contributed by atoms with Crippen LogP contribution in [-0.4, -0.2) is 31.1 Å². The molecule has 0 radical (unpaired) electrons. The van der Waals surface area contributed by atoms with Gasteiger partial charge in [-0.1, -0.05) is 50.1 Å². The molecule has 1 aliphatic heterocycles. The fourth-order valence-corrected chi connectivity index (χ4v) is 3.36. The maximum atomic E-state index is 3.37. The van der Waals surface area contributed by atoms with Crippen molar-refractivity contribution >= 4 is 0 Å². The number of likely N-dealkylation sites (N-methyl/N-ethyl adjacent to an activating group) is 1. The van der Waals surface area contributed by atoms with Crippen molar-refractivity contribution < 1.29 is 0 Å². The summed E-state index contributed by atoms with van der Waals surface area (Å²) < 4.78 is 0. The number of piperidine rings is 1. The molecule has 0 aliphatic carbocycles. The van der Waals surface area contributed by atoms with Crippen molar-refractivity contribution in [3.8, 4) is 0 Å². The predicted molar refractivity (Wildman–Crippen MR) is 82.4 cm³/mol. The van der Waals surface area contributed by atoms with Gasteiger partial charge in [-0.05, 0) is 38.4 Å². The quantitative estimate of drug-likeness (QED) is 0.840. The van der Waals surface area contributed by atoms with Crippen LogP contribution in [0.3, 0.4) is 0 Å². The van der Waals surface area contributed by atoms with Crippen LogP contribution >= 0.6 is 0 Å². The van der Waals surface area contributed by atoms with Crippen molar-refractivity contribution in [3.05, 3.63) is 35.9 Å². The molecule has 0 amide bonds. The van der Waals surface area contributed by atoms with Crippen molar-refractivity contribution in [2.24, 2.45) is 0 Å². The minimum absolute atomic E-state index is 0.602. The molecule has 1 aliphatic rings. The van der Waals surface area contributed by atoms with Gasteiger partial charge in [0, 0.05) is 18.6 Å². The van der Waals surface area contributed by atoms with Gasteiger partial charge in [0.05, 0.1) is 0 Å². The van der Waals surface area contributed by atoms with Crippen molar-refractivity contribution in [1.82, 2.24) is 10.2 Å². The maximum absolute atomic E-state index is 3.37. The highest BCUT2D eigenvalue weighted by molar-refractivity contribution is 5.19. The largest absolute Gasteiger partial charge is 0.318 e. The highest BCUT2D eigenvalue weighted by atomic mass is 15.2. The second-order valence-corrected chi connectivity index (χ2v) is 5.66. The molecule has 2 rings (SSSR count). The van der Waals surface area contributed by atoms with E-state index >= 15 is 0 Å². The Hall–Kier alpha value is -0.860. The summed E-state index contributed by atoms with van der Waals surface area (Å²) in [5.41, 5.74) is 1.49. The first kappa shape index (κ1) is 14.5. The molecule has 0 bridgehead atoms. The van der Waals surface area contributed by atoms with Crippen molar-refractivity contribution in [2.75, 3.05) is 20.1 Å². The van der Waals surface area contributed by atoms with Crippen molar-refractivity contribution in [2.45, 2.75) is 51.1 Å². The van der Waals surface area contributed by atoms with Crippen LogP contribution in [0.25, 0.3) is 0 Å². The van der Waals surface area contributed by atoms with Gasteiger partial charge in [-0.15, -0.1) is 0 Å². The Balaban J connectivity index is 2.16. The normalized spacial score (nSPS) is 22.3. The van der Waals surface area contributed by atoms with Crippen LogP contribution in [0.5, 0.6) is 0 Å². The standard InChI is InChI=1S/C17H28N2/c1-3-9-17(15-10-5-4-6-11-15)19-13-8-7-12-16(19)14-18-2/h4-6,10-11,16-18H,3,7-9,12-14H2,1-2H3. The first-order valence-electron chi connectivity index (χ1n) is 7.82. The Morgan fingerprint density at radius 1 is 1.26 bits per heavy atom. The summed E-state index contributed by atoms with van der Waals surface area (Å²) in [7, 11) is 2.07. The van der Waals surface area contributed by atoms with E-state index in [1.807, 2.05) is 0 Å². The van der Waals surface area contributed by atoms with Gasteiger partial charge in [0.1, 0.15) is 0 Å². The summed E-state index contributed by atoms with van der Waals surface area (Å²) >= 11 is 0. The van der Waals surface area contributed by atoms with Gasteiger partial charge in [0.25, 0.3) is 0 Å². The minimum atomic E-state index is 0.602. The molecule has 2 heteroatoms. The number of benzene rings is 1. The van der Waals surface area contributed by atoms with Crippen LogP contribution in [0.15, 0.2) is 30.3 Å². The summed E-state index contributed by atoms with van der Waals surface area (Å²) in [6.07, 6.45) is 6.60. The summed E-state index contributed by atoms with van der Waals surface area (Å²) in [6, 6.07) is 12.4. The van der Waals surface area contributed by atoms with E-state index in [4.69, 9.17) is 0 Å². The lowest BCUT2D eigenvalue weighted by molar-refractivity contribution is 0.0886. The fraction of sp³-hybridized carbons (Fsp3) is 0.647. The Kier molecular flexibility index (Phi) is 5.87. The molecule has 1 saturated heterocycles. The number of nitrogens with one attached hydrogen (secondary N) is 1. The average molecular weight is 260 g/mol. The average Bonchev–Trinajstić information content (AvgIpc) is 2.47. The Bertz CT molecular complexity index is 348. The zero-order chi connectivity index (χ0) is 13.5. The lowest BCUT2D eigenvalue weighted by Crippen LogP contribution is -2.46. The topological polar surface area (TPSA) is 15.3 Å². The first-order chi connectivity index (χ1) is 9.36. The van der Waals surface area contributed by atoms with Crippen LogP contribution in [0.4, 0.5) is 0 Å². The van der Waals surface area contributed by atoms with Crippen LogP contribution < -0.4 is 5.32 Å². The molecule has 2 nitrogen and oxygen atoms in total. The molecule has 1 fully saturated rings. The number of hydrogen-bond donors (Lipinski definition) is 1. The lowest BCUT2D eigenvalue weighted by Gasteiger charge is -2.41. The molecular formula is C17H28N2. The van der Waals surface area contributed by atoms with Crippen LogP contribution in [0, 0.1) is 0 Å². The molecule has 106 valence electrons. The number of hydrogen-bond acceptors (Lipinski definition) is 2. The third kappa shape index (κ3) is 3.80. The smallest absolute Gasteiger partial charge is 0.0351 e. The molecule has 1 aromatic carbocycles. The number of nitrogens with zero attached hydrogens (tertiary/aromatic N) is 1. The monoisotopic (exact) mass is 260 g/mol. The van der Waals surface area contributed by atoms with Gasteiger partial charge in [-0.25, -0.2) is 0 Å². The van der Waals surface area contributed by atoms with Gasteiger partial charge in [0.15, 0.2) is 0 Å². The first-order valence-corrected chi connectivity index (χ1v) is 7.82. The molecular weight excluding hydrogens is 232 g/mol. The SMILES string of the molecule is CCCC(c1ccccc1)N1CCCCC1CNC. The summed E-state index contributed by atoms with van der Waals surface area (Å²) in [5.74, 6) is 0. The molecule has 0 aromatic heterocycles. The van der Waals surface area contributed by atoms with E-state index in [0.29, 0.717) is 12.1 Å². The third-order valence-electron chi connectivity index (χ3n) is 4.26.